The van der Waals surface area contributed by atoms with Crippen LogP contribution in [0, 0.1) is 5.92 Å². The van der Waals surface area contributed by atoms with Gasteiger partial charge < -0.3 is 4.90 Å². The second kappa shape index (κ2) is 6.64. The van der Waals surface area contributed by atoms with Crippen molar-refractivity contribution in [3.05, 3.63) is 0 Å². The summed E-state index contributed by atoms with van der Waals surface area (Å²) < 4.78 is 37.5. The number of nitrogens with zero attached hydrogens (tertiary/aromatic N) is 1. The Labute approximate surface area is 110 Å². The molecule has 1 saturated carbocycles. The molecule has 1 aliphatic carbocycles. The average molecular weight is 286 g/mol. The van der Waals surface area contributed by atoms with Crippen LogP contribution in [0.15, 0.2) is 0 Å². The molecule has 1 rings (SSSR count). The number of carbonyl (C=O) groups excluding carboxylic acids is 1. The Morgan fingerprint density at radius 2 is 2.00 bits per heavy atom. The third kappa shape index (κ3) is 5.46. The van der Waals surface area contributed by atoms with Crippen LogP contribution in [-0.2, 0) is 4.79 Å². The first-order valence-corrected chi connectivity index (χ1v) is 6.81. The Balaban J connectivity index is 2.55. The maximum atomic E-state index is 12.5. The molecule has 1 aliphatic rings. The molecule has 0 N–H and O–H groups in total. The van der Waals surface area contributed by atoms with Crippen LogP contribution < -0.4 is 0 Å². The predicted molar refractivity (Wildman–Crippen MR) is 64.5 cm³/mol. The fraction of sp³-hybridized carbons (Fsp3) is 0.917. The number of halogens is 4. The van der Waals surface area contributed by atoms with Crippen LogP contribution in [-0.4, -0.2) is 35.4 Å². The largest absolute Gasteiger partial charge is 0.406 e. The summed E-state index contributed by atoms with van der Waals surface area (Å²) in [6.07, 6.45) is -1.13. The Kier molecular flexibility index (Phi) is 5.76. The quantitative estimate of drug-likeness (QED) is 0.517. The van der Waals surface area contributed by atoms with Gasteiger partial charge in [0.15, 0.2) is 0 Å². The van der Waals surface area contributed by atoms with E-state index in [1.807, 2.05) is 0 Å². The monoisotopic (exact) mass is 285 g/mol. The van der Waals surface area contributed by atoms with E-state index in [2.05, 4.69) is 0 Å². The van der Waals surface area contributed by atoms with Crippen molar-refractivity contribution >= 4 is 17.5 Å². The van der Waals surface area contributed by atoms with Gasteiger partial charge in [0, 0.05) is 18.3 Å². The first-order valence-electron chi connectivity index (χ1n) is 6.27. The number of unbranched alkanes of at least 4 members (excludes halogenated alkanes) is 1. The minimum absolute atomic E-state index is 0.153. The van der Waals surface area contributed by atoms with Crippen LogP contribution in [0.4, 0.5) is 13.2 Å². The maximum absolute atomic E-state index is 12.5. The van der Waals surface area contributed by atoms with Gasteiger partial charge in [0.25, 0.3) is 0 Å². The number of hydrogen-bond acceptors (Lipinski definition) is 1. The van der Waals surface area contributed by atoms with E-state index in [4.69, 9.17) is 11.6 Å². The lowest BCUT2D eigenvalue weighted by molar-refractivity contribution is -0.166. The van der Waals surface area contributed by atoms with Crippen molar-refractivity contribution in [1.82, 2.24) is 4.90 Å². The van der Waals surface area contributed by atoms with E-state index in [0.717, 1.165) is 17.7 Å². The molecule has 0 radical (unpaired) electrons. The molecule has 18 heavy (non-hydrogen) atoms. The Bertz CT molecular complexity index is 279. The lowest BCUT2D eigenvalue weighted by Crippen LogP contribution is -2.45. The van der Waals surface area contributed by atoms with Crippen molar-refractivity contribution < 1.29 is 18.0 Å². The molecule has 106 valence electrons. The van der Waals surface area contributed by atoms with E-state index in [9.17, 15) is 18.0 Å². The van der Waals surface area contributed by atoms with Crippen molar-refractivity contribution in [3.8, 4) is 0 Å². The Morgan fingerprint density at radius 3 is 2.44 bits per heavy atom. The van der Waals surface area contributed by atoms with Crippen LogP contribution in [0.2, 0.25) is 0 Å². The minimum Gasteiger partial charge on any atom is -0.331 e. The molecule has 0 aromatic rings. The average Bonchev–Trinajstić information content (AvgIpc) is 3.07. The van der Waals surface area contributed by atoms with Gasteiger partial charge in [-0.1, -0.05) is 0 Å². The van der Waals surface area contributed by atoms with Gasteiger partial charge in [-0.05, 0) is 38.5 Å². The topological polar surface area (TPSA) is 20.3 Å². The second-order valence-corrected chi connectivity index (χ2v) is 5.24. The van der Waals surface area contributed by atoms with E-state index < -0.39 is 18.6 Å². The van der Waals surface area contributed by atoms with E-state index in [1.54, 1.807) is 6.92 Å². The molecule has 1 amide bonds. The van der Waals surface area contributed by atoms with E-state index in [1.165, 1.54) is 0 Å². The summed E-state index contributed by atoms with van der Waals surface area (Å²) in [5, 5.41) is 0. The number of amides is 1. The summed E-state index contributed by atoms with van der Waals surface area (Å²) in [5.41, 5.74) is 0. The molecule has 6 heteroatoms. The molecule has 0 aromatic heterocycles. The molecular weight excluding hydrogens is 267 g/mol. The van der Waals surface area contributed by atoms with Crippen LogP contribution in [0.25, 0.3) is 0 Å². The van der Waals surface area contributed by atoms with Crippen molar-refractivity contribution in [3.63, 3.8) is 0 Å². The number of alkyl halides is 4. The van der Waals surface area contributed by atoms with Gasteiger partial charge in [0.2, 0.25) is 5.91 Å². The van der Waals surface area contributed by atoms with Gasteiger partial charge >= 0.3 is 6.18 Å². The lowest BCUT2D eigenvalue weighted by Gasteiger charge is -2.30. The second-order valence-electron chi connectivity index (χ2n) is 4.86. The first-order chi connectivity index (χ1) is 8.35. The summed E-state index contributed by atoms with van der Waals surface area (Å²) in [4.78, 5) is 12.8. The molecule has 0 spiro atoms. The molecule has 0 aliphatic heterocycles. The molecule has 0 heterocycles. The summed E-state index contributed by atoms with van der Waals surface area (Å²) in [5.74, 6) is 0.270. The Hall–Kier alpha value is -0.450. The number of hydrogen-bond donors (Lipinski definition) is 0. The van der Waals surface area contributed by atoms with E-state index in [0.29, 0.717) is 18.7 Å². The zero-order valence-corrected chi connectivity index (χ0v) is 11.2. The van der Waals surface area contributed by atoms with Gasteiger partial charge in [0.1, 0.15) is 6.54 Å². The van der Waals surface area contributed by atoms with Gasteiger partial charge in [-0.2, -0.15) is 13.2 Å². The smallest absolute Gasteiger partial charge is 0.331 e. The summed E-state index contributed by atoms with van der Waals surface area (Å²) in [7, 11) is 0. The van der Waals surface area contributed by atoms with Crippen molar-refractivity contribution in [1.29, 1.82) is 0 Å². The normalized spacial score (nSPS) is 17.6. The highest BCUT2D eigenvalue weighted by molar-refractivity contribution is 6.17. The molecule has 1 fully saturated rings. The standard InChI is InChI=1S/C12H19ClF3NO/c1-9(10-5-6-10)17(8-12(14,15)16)11(18)4-2-3-7-13/h9-10H,2-8H2,1H3. The summed E-state index contributed by atoms with van der Waals surface area (Å²) >= 11 is 5.49. The molecular formula is C12H19ClF3NO. The molecule has 0 saturated heterocycles. The molecule has 0 bridgehead atoms. The fourth-order valence-electron chi connectivity index (χ4n) is 2.00. The van der Waals surface area contributed by atoms with Gasteiger partial charge in [0.05, 0.1) is 0 Å². The van der Waals surface area contributed by atoms with E-state index >= 15 is 0 Å². The van der Waals surface area contributed by atoms with Gasteiger partial charge in [-0.15, -0.1) is 11.6 Å². The van der Waals surface area contributed by atoms with Crippen LogP contribution in [0.5, 0.6) is 0 Å². The minimum atomic E-state index is -4.33. The van der Waals surface area contributed by atoms with Crippen LogP contribution >= 0.6 is 11.6 Å². The maximum Gasteiger partial charge on any atom is 0.406 e. The zero-order chi connectivity index (χ0) is 13.8. The molecule has 1 unspecified atom stereocenters. The predicted octanol–water partition coefficient (Wildman–Crippen LogP) is 3.58. The van der Waals surface area contributed by atoms with Crippen LogP contribution in [0.3, 0.4) is 0 Å². The SMILES string of the molecule is CC(C1CC1)N(CC(F)(F)F)C(=O)CCCCCl. The fourth-order valence-corrected chi connectivity index (χ4v) is 2.19. The highest BCUT2D eigenvalue weighted by atomic mass is 35.5. The van der Waals surface area contributed by atoms with Crippen LogP contribution in [0.1, 0.15) is 39.0 Å². The van der Waals surface area contributed by atoms with E-state index in [-0.39, 0.29) is 18.4 Å². The van der Waals surface area contributed by atoms with Crippen molar-refractivity contribution in [2.45, 2.75) is 51.2 Å². The summed E-state index contributed by atoms with van der Waals surface area (Å²) in [6.45, 7) is 0.577. The number of carbonyl (C=O) groups is 1. The highest BCUT2D eigenvalue weighted by Crippen LogP contribution is 2.36. The molecule has 0 aromatic carbocycles. The number of rotatable bonds is 7. The van der Waals surface area contributed by atoms with Crippen molar-refractivity contribution in [2.24, 2.45) is 5.92 Å². The molecule has 1 atom stereocenters. The van der Waals surface area contributed by atoms with Gasteiger partial charge in [-0.3, -0.25) is 4.79 Å². The molecule has 2 nitrogen and oxygen atoms in total. The Morgan fingerprint density at radius 1 is 1.39 bits per heavy atom. The zero-order valence-electron chi connectivity index (χ0n) is 10.5. The highest BCUT2D eigenvalue weighted by Gasteiger charge is 2.40. The lowest BCUT2D eigenvalue weighted by atomic mass is 10.1. The third-order valence-electron chi connectivity index (χ3n) is 3.24. The van der Waals surface area contributed by atoms with Gasteiger partial charge in [-0.25, -0.2) is 0 Å². The third-order valence-corrected chi connectivity index (χ3v) is 3.51. The first kappa shape index (κ1) is 15.6. The van der Waals surface area contributed by atoms with Crippen molar-refractivity contribution in [2.75, 3.05) is 12.4 Å². The summed E-state index contributed by atoms with van der Waals surface area (Å²) in [6, 6.07) is -0.310.